The third kappa shape index (κ3) is 4.85. The predicted octanol–water partition coefficient (Wildman–Crippen LogP) is 6.59. The molecule has 1 heterocycles. The van der Waals surface area contributed by atoms with E-state index in [9.17, 15) is 13.2 Å². The van der Waals surface area contributed by atoms with Crippen molar-refractivity contribution in [2.24, 2.45) is 0 Å². The molecule has 29 heavy (non-hydrogen) atoms. The zero-order chi connectivity index (χ0) is 21.2. The topological polar surface area (TPSA) is 49.8 Å². The Balaban J connectivity index is 2.04. The predicted molar refractivity (Wildman–Crippen MR) is 110 cm³/mol. The van der Waals surface area contributed by atoms with E-state index in [-0.39, 0.29) is 17.2 Å². The van der Waals surface area contributed by atoms with Crippen LogP contribution in [0.5, 0.6) is 0 Å². The van der Waals surface area contributed by atoms with Gasteiger partial charge in [-0.15, -0.1) is 0 Å². The van der Waals surface area contributed by atoms with Gasteiger partial charge in [-0.05, 0) is 35.6 Å². The van der Waals surface area contributed by atoms with E-state index < -0.39 is 11.7 Å². The summed E-state index contributed by atoms with van der Waals surface area (Å²) in [6.45, 7) is 7.90. The minimum Gasteiger partial charge on any atom is -0.339 e. The van der Waals surface area contributed by atoms with E-state index in [4.69, 9.17) is 0 Å². The van der Waals surface area contributed by atoms with Crippen LogP contribution in [-0.4, -0.2) is 9.97 Å². The summed E-state index contributed by atoms with van der Waals surface area (Å²) < 4.78 is 40.7. The molecular formula is C22H23F3N4. The van der Waals surface area contributed by atoms with Crippen molar-refractivity contribution < 1.29 is 13.2 Å². The number of hydrogen-bond donors (Lipinski definition) is 2. The number of hydrogen-bond acceptors (Lipinski definition) is 4. The first-order valence-corrected chi connectivity index (χ1v) is 9.19. The molecule has 2 aromatic carbocycles. The Morgan fingerprint density at radius 2 is 1.41 bits per heavy atom. The van der Waals surface area contributed by atoms with E-state index >= 15 is 0 Å². The van der Waals surface area contributed by atoms with Crippen LogP contribution < -0.4 is 10.6 Å². The molecule has 0 amide bonds. The van der Waals surface area contributed by atoms with Crippen LogP contribution >= 0.6 is 0 Å². The number of rotatable bonds is 4. The van der Waals surface area contributed by atoms with Crippen molar-refractivity contribution in [1.82, 2.24) is 9.97 Å². The molecule has 4 nitrogen and oxygen atoms in total. The molecule has 0 aliphatic heterocycles. The molecule has 0 unspecified atom stereocenters. The molecule has 7 heteroatoms. The highest BCUT2D eigenvalue weighted by Gasteiger charge is 2.35. The molecular weight excluding hydrogens is 377 g/mol. The first kappa shape index (κ1) is 20.6. The van der Waals surface area contributed by atoms with E-state index in [2.05, 4.69) is 20.6 Å². The van der Waals surface area contributed by atoms with Crippen LogP contribution in [0.2, 0.25) is 0 Å². The van der Waals surface area contributed by atoms with Crippen molar-refractivity contribution in [3.05, 3.63) is 71.4 Å². The number of alkyl halides is 3. The molecule has 0 saturated carbocycles. The molecule has 0 spiro atoms. The lowest BCUT2D eigenvalue weighted by atomic mass is 9.86. The maximum Gasteiger partial charge on any atom is 0.421 e. The quantitative estimate of drug-likeness (QED) is 0.519. The number of anilines is 4. The molecule has 2 N–H and O–H groups in total. The van der Waals surface area contributed by atoms with E-state index in [1.807, 2.05) is 64.1 Å². The fourth-order valence-electron chi connectivity index (χ4n) is 2.95. The second-order valence-corrected chi connectivity index (χ2v) is 7.81. The molecule has 0 fully saturated rings. The molecule has 0 atom stereocenters. The summed E-state index contributed by atoms with van der Waals surface area (Å²) in [7, 11) is 0. The Kier molecular flexibility index (Phi) is 5.50. The molecule has 3 rings (SSSR count). The Labute approximate surface area is 168 Å². The minimum absolute atomic E-state index is 0.0861. The highest BCUT2D eigenvalue weighted by atomic mass is 19.4. The fraction of sp³-hybridized carbons (Fsp3) is 0.273. The van der Waals surface area contributed by atoms with Gasteiger partial charge in [0.2, 0.25) is 5.95 Å². The summed E-state index contributed by atoms with van der Waals surface area (Å²) in [6, 6.07) is 14.7. The second-order valence-electron chi connectivity index (χ2n) is 7.81. The Bertz CT molecular complexity index is 1010. The van der Waals surface area contributed by atoms with Crippen LogP contribution in [0, 0.1) is 6.92 Å². The van der Waals surface area contributed by atoms with Gasteiger partial charge >= 0.3 is 6.18 Å². The zero-order valence-corrected chi connectivity index (χ0v) is 16.7. The molecule has 0 saturated heterocycles. The zero-order valence-electron chi connectivity index (χ0n) is 16.7. The molecule has 1 aromatic heterocycles. The number of nitrogens with zero attached hydrogens (tertiary/aromatic N) is 2. The Morgan fingerprint density at radius 1 is 0.793 bits per heavy atom. The SMILES string of the molecule is Cc1ccccc1Nc1ncc(C(F)(F)F)c(Nc2ccccc2C(C)(C)C)n1. The third-order valence-electron chi connectivity index (χ3n) is 4.47. The normalized spacial score (nSPS) is 12.0. The van der Waals surface area contributed by atoms with Crippen molar-refractivity contribution in [3.63, 3.8) is 0 Å². The largest absolute Gasteiger partial charge is 0.421 e. The van der Waals surface area contributed by atoms with E-state index in [0.717, 1.165) is 23.0 Å². The van der Waals surface area contributed by atoms with Crippen LogP contribution in [-0.2, 0) is 11.6 Å². The first-order chi connectivity index (χ1) is 13.6. The maximum absolute atomic E-state index is 13.6. The average molecular weight is 400 g/mol. The summed E-state index contributed by atoms with van der Waals surface area (Å²) in [6.07, 6.45) is -3.78. The van der Waals surface area contributed by atoms with Crippen molar-refractivity contribution >= 4 is 23.1 Å². The lowest BCUT2D eigenvalue weighted by Crippen LogP contribution is -2.16. The number of benzene rings is 2. The smallest absolute Gasteiger partial charge is 0.339 e. The average Bonchev–Trinajstić information content (AvgIpc) is 2.62. The maximum atomic E-state index is 13.6. The number of aryl methyl sites for hydroxylation is 1. The van der Waals surface area contributed by atoms with Crippen LogP contribution in [0.1, 0.15) is 37.5 Å². The van der Waals surface area contributed by atoms with Gasteiger partial charge < -0.3 is 10.6 Å². The molecule has 152 valence electrons. The van der Waals surface area contributed by atoms with Crippen molar-refractivity contribution in [2.45, 2.75) is 39.3 Å². The van der Waals surface area contributed by atoms with Gasteiger partial charge in [-0.3, -0.25) is 0 Å². The highest BCUT2D eigenvalue weighted by molar-refractivity contribution is 5.67. The van der Waals surface area contributed by atoms with Crippen LogP contribution in [0.4, 0.5) is 36.3 Å². The van der Waals surface area contributed by atoms with Gasteiger partial charge in [-0.2, -0.15) is 18.2 Å². The van der Waals surface area contributed by atoms with Gasteiger partial charge in [0.25, 0.3) is 0 Å². The monoisotopic (exact) mass is 400 g/mol. The van der Waals surface area contributed by atoms with Gasteiger partial charge in [0.15, 0.2) is 0 Å². The van der Waals surface area contributed by atoms with E-state index in [1.165, 1.54) is 0 Å². The van der Waals surface area contributed by atoms with Gasteiger partial charge in [0.1, 0.15) is 11.4 Å². The van der Waals surface area contributed by atoms with Crippen LogP contribution in [0.25, 0.3) is 0 Å². The van der Waals surface area contributed by atoms with Gasteiger partial charge in [0, 0.05) is 17.6 Å². The Hall–Kier alpha value is -3.09. The molecule has 3 aromatic rings. The highest BCUT2D eigenvalue weighted by Crippen LogP contribution is 2.37. The lowest BCUT2D eigenvalue weighted by Gasteiger charge is -2.24. The van der Waals surface area contributed by atoms with Crippen molar-refractivity contribution in [3.8, 4) is 0 Å². The summed E-state index contributed by atoms with van der Waals surface area (Å²) in [5.41, 5.74) is 1.96. The standard InChI is InChI=1S/C22H23F3N4/c1-14-9-5-7-11-17(14)28-20-26-13-16(22(23,24)25)19(29-20)27-18-12-8-6-10-15(18)21(2,3)4/h5-13H,1-4H3,(H2,26,27,28,29). The third-order valence-corrected chi connectivity index (χ3v) is 4.47. The number of halogens is 3. The summed E-state index contributed by atoms with van der Waals surface area (Å²) >= 11 is 0. The van der Waals surface area contributed by atoms with Crippen molar-refractivity contribution in [2.75, 3.05) is 10.6 Å². The number of aromatic nitrogens is 2. The molecule has 0 bridgehead atoms. The Morgan fingerprint density at radius 3 is 2.03 bits per heavy atom. The van der Waals surface area contributed by atoms with Crippen LogP contribution in [0.3, 0.4) is 0 Å². The van der Waals surface area contributed by atoms with E-state index in [0.29, 0.717) is 5.69 Å². The number of para-hydroxylation sites is 2. The second kappa shape index (κ2) is 7.73. The summed E-state index contributed by atoms with van der Waals surface area (Å²) in [5.74, 6) is -0.205. The van der Waals surface area contributed by atoms with Crippen molar-refractivity contribution in [1.29, 1.82) is 0 Å². The molecule has 0 aliphatic rings. The van der Waals surface area contributed by atoms with Gasteiger partial charge in [0.05, 0.1) is 0 Å². The minimum atomic E-state index is -4.58. The number of nitrogens with one attached hydrogen (secondary N) is 2. The van der Waals surface area contributed by atoms with E-state index in [1.54, 1.807) is 12.1 Å². The summed E-state index contributed by atoms with van der Waals surface area (Å²) in [4.78, 5) is 8.01. The fourth-order valence-corrected chi connectivity index (χ4v) is 2.95. The molecule has 0 aliphatic carbocycles. The first-order valence-electron chi connectivity index (χ1n) is 9.19. The van der Waals surface area contributed by atoms with Crippen LogP contribution in [0.15, 0.2) is 54.7 Å². The lowest BCUT2D eigenvalue weighted by molar-refractivity contribution is -0.137. The van der Waals surface area contributed by atoms with Gasteiger partial charge in [-0.1, -0.05) is 57.2 Å². The molecule has 0 radical (unpaired) electrons. The van der Waals surface area contributed by atoms with Gasteiger partial charge in [-0.25, -0.2) is 4.98 Å². The summed E-state index contributed by atoms with van der Waals surface area (Å²) in [5, 5.41) is 5.88.